The molecule has 0 aromatic heterocycles. The van der Waals surface area contributed by atoms with Crippen molar-refractivity contribution in [2.75, 3.05) is 33.2 Å². The van der Waals surface area contributed by atoms with Gasteiger partial charge in [-0.1, -0.05) is 22.0 Å². The number of benzene rings is 1. The Balaban J connectivity index is 2.20. The van der Waals surface area contributed by atoms with Gasteiger partial charge in [0.25, 0.3) is 0 Å². The molecule has 2 atom stereocenters. The molecule has 1 fully saturated rings. The maximum atomic E-state index is 13.2. The summed E-state index contributed by atoms with van der Waals surface area (Å²) >= 11 is 3.45. The standard InChI is InChI=1S/C14H21BrFN3/c1-10-9-19(6-5-18(10)2)14(8-17)12-4-3-11(16)7-13(12)15/h3-4,7,10,14H,5-6,8-9,17H2,1-2H3. The van der Waals surface area contributed by atoms with Gasteiger partial charge in [-0.3, -0.25) is 4.90 Å². The van der Waals surface area contributed by atoms with Gasteiger partial charge in [0.15, 0.2) is 0 Å². The van der Waals surface area contributed by atoms with Crippen molar-refractivity contribution in [2.45, 2.75) is 19.0 Å². The van der Waals surface area contributed by atoms with E-state index in [0.29, 0.717) is 12.6 Å². The van der Waals surface area contributed by atoms with E-state index in [1.807, 2.05) is 6.07 Å². The van der Waals surface area contributed by atoms with Crippen molar-refractivity contribution in [1.29, 1.82) is 0 Å². The van der Waals surface area contributed by atoms with Gasteiger partial charge in [0.05, 0.1) is 0 Å². The second-order valence-electron chi connectivity index (χ2n) is 5.24. The fourth-order valence-electron chi connectivity index (χ4n) is 2.60. The zero-order valence-corrected chi connectivity index (χ0v) is 13.0. The van der Waals surface area contributed by atoms with E-state index in [9.17, 15) is 4.39 Å². The van der Waals surface area contributed by atoms with Gasteiger partial charge in [0.1, 0.15) is 5.82 Å². The van der Waals surface area contributed by atoms with Gasteiger partial charge in [0.2, 0.25) is 0 Å². The fourth-order valence-corrected chi connectivity index (χ4v) is 3.22. The third kappa shape index (κ3) is 3.34. The number of rotatable bonds is 3. The van der Waals surface area contributed by atoms with Gasteiger partial charge in [-0.2, -0.15) is 0 Å². The van der Waals surface area contributed by atoms with Crippen LogP contribution in [0.3, 0.4) is 0 Å². The van der Waals surface area contributed by atoms with Crippen LogP contribution in [0.25, 0.3) is 0 Å². The topological polar surface area (TPSA) is 32.5 Å². The predicted octanol–water partition coefficient (Wildman–Crippen LogP) is 2.22. The number of hydrogen-bond donors (Lipinski definition) is 1. The zero-order chi connectivity index (χ0) is 14.0. The van der Waals surface area contributed by atoms with E-state index in [4.69, 9.17) is 5.73 Å². The summed E-state index contributed by atoms with van der Waals surface area (Å²) in [7, 11) is 2.15. The lowest BCUT2D eigenvalue weighted by atomic mass is 10.0. The number of halogens is 2. The first-order chi connectivity index (χ1) is 9.02. The molecule has 3 nitrogen and oxygen atoms in total. The Morgan fingerprint density at radius 1 is 1.47 bits per heavy atom. The molecule has 0 aliphatic carbocycles. The zero-order valence-electron chi connectivity index (χ0n) is 11.4. The van der Waals surface area contributed by atoms with Crippen molar-refractivity contribution < 1.29 is 4.39 Å². The minimum atomic E-state index is -0.224. The second kappa shape index (κ2) is 6.31. The Bertz CT molecular complexity index is 441. The van der Waals surface area contributed by atoms with Gasteiger partial charge in [-0.25, -0.2) is 4.39 Å². The molecule has 1 aromatic carbocycles. The maximum absolute atomic E-state index is 13.2. The monoisotopic (exact) mass is 329 g/mol. The Labute approximate surface area is 122 Å². The van der Waals surface area contributed by atoms with Gasteiger partial charge < -0.3 is 10.6 Å². The van der Waals surface area contributed by atoms with E-state index in [-0.39, 0.29) is 11.9 Å². The highest BCUT2D eigenvalue weighted by Crippen LogP contribution is 2.29. The number of likely N-dealkylation sites (N-methyl/N-ethyl adjacent to an activating group) is 1. The molecule has 2 N–H and O–H groups in total. The van der Waals surface area contributed by atoms with Gasteiger partial charge >= 0.3 is 0 Å². The lowest BCUT2D eigenvalue weighted by molar-refractivity contribution is 0.0739. The SMILES string of the molecule is CC1CN(C(CN)c2ccc(F)cc2Br)CCN1C. The minimum absolute atomic E-state index is 0.145. The lowest BCUT2D eigenvalue weighted by Crippen LogP contribution is -2.52. The first-order valence-electron chi connectivity index (χ1n) is 6.62. The largest absolute Gasteiger partial charge is 0.329 e. The van der Waals surface area contributed by atoms with Crippen molar-refractivity contribution >= 4 is 15.9 Å². The molecule has 0 saturated carbocycles. The van der Waals surface area contributed by atoms with Crippen LogP contribution in [0.4, 0.5) is 4.39 Å². The molecule has 0 bridgehead atoms. The van der Waals surface area contributed by atoms with E-state index < -0.39 is 0 Å². The molecule has 106 valence electrons. The molecule has 0 radical (unpaired) electrons. The summed E-state index contributed by atoms with van der Waals surface area (Å²) in [4.78, 5) is 4.74. The average Bonchev–Trinajstić information content (AvgIpc) is 2.37. The van der Waals surface area contributed by atoms with Crippen molar-refractivity contribution in [3.05, 3.63) is 34.1 Å². The molecular weight excluding hydrogens is 309 g/mol. The highest BCUT2D eigenvalue weighted by molar-refractivity contribution is 9.10. The van der Waals surface area contributed by atoms with Crippen LogP contribution in [-0.4, -0.2) is 49.1 Å². The lowest BCUT2D eigenvalue weighted by Gasteiger charge is -2.41. The van der Waals surface area contributed by atoms with Crippen molar-refractivity contribution in [2.24, 2.45) is 5.73 Å². The van der Waals surface area contributed by atoms with E-state index in [1.54, 1.807) is 0 Å². The molecule has 19 heavy (non-hydrogen) atoms. The van der Waals surface area contributed by atoms with E-state index in [1.165, 1.54) is 12.1 Å². The number of nitrogens with two attached hydrogens (primary N) is 1. The predicted molar refractivity (Wildman–Crippen MR) is 79.6 cm³/mol. The fraction of sp³-hybridized carbons (Fsp3) is 0.571. The molecule has 1 heterocycles. The normalized spacial score (nSPS) is 23.5. The first kappa shape index (κ1) is 14.9. The maximum Gasteiger partial charge on any atom is 0.124 e. The highest BCUT2D eigenvalue weighted by atomic mass is 79.9. The Morgan fingerprint density at radius 3 is 2.79 bits per heavy atom. The Kier molecular flexibility index (Phi) is 4.95. The van der Waals surface area contributed by atoms with Crippen LogP contribution < -0.4 is 5.73 Å². The molecule has 1 aliphatic heterocycles. The molecule has 0 spiro atoms. The molecule has 1 saturated heterocycles. The molecule has 1 aliphatic rings. The van der Waals surface area contributed by atoms with Crippen LogP contribution in [0.1, 0.15) is 18.5 Å². The molecular formula is C14H21BrFN3. The Morgan fingerprint density at radius 2 is 2.21 bits per heavy atom. The second-order valence-corrected chi connectivity index (χ2v) is 6.10. The molecule has 5 heteroatoms. The summed E-state index contributed by atoms with van der Waals surface area (Å²) in [5.74, 6) is -0.224. The molecule has 0 amide bonds. The van der Waals surface area contributed by atoms with E-state index >= 15 is 0 Å². The number of hydrogen-bond acceptors (Lipinski definition) is 3. The third-order valence-electron chi connectivity index (χ3n) is 3.98. The minimum Gasteiger partial charge on any atom is -0.329 e. The quantitative estimate of drug-likeness (QED) is 0.922. The van der Waals surface area contributed by atoms with Crippen LogP contribution in [0.15, 0.2) is 22.7 Å². The van der Waals surface area contributed by atoms with E-state index in [0.717, 1.165) is 29.7 Å². The van der Waals surface area contributed by atoms with Gasteiger partial charge in [-0.15, -0.1) is 0 Å². The third-order valence-corrected chi connectivity index (χ3v) is 4.66. The summed E-state index contributed by atoms with van der Waals surface area (Å²) in [5, 5.41) is 0. The summed E-state index contributed by atoms with van der Waals surface area (Å²) in [6.07, 6.45) is 0. The summed E-state index contributed by atoms with van der Waals surface area (Å²) < 4.78 is 14.0. The van der Waals surface area contributed by atoms with Crippen LogP contribution in [0.5, 0.6) is 0 Å². The Hall–Kier alpha value is -0.490. The van der Waals surface area contributed by atoms with E-state index in [2.05, 4.69) is 39.7 Å². The average molecular weight is 330 g/mol. The molecule has 1 aromatic rings. The number of nitrogens with zero attached hydrogens (tertiary/aromatic N) is 2. The summed E-state index contributed by atoms with van der Waals surface area (Å²) in [5.41, 5.74) is 7.02. The summed E-state index contributed by atoms with van der Waals surface area (Å²) in [6.45, 7) is 5.78. The molecule has 2 unspecified atom stereocenters. The summed E-state index contributed by atoms with van der Waals surface area (Å²) in [6, 6.07) is 5.51. The van der Waals surface area contributed by atoms with Crippen LogP contribution in [-0.2, 0) is 0 Å². The van der Waals surface area contributed by atoms with Crippen molar-refractivity contribution in [1.82, 2.24) is 9.80 Å². The van der Waals surface area contributed by atoms with Crippen LogP contribution in [0, 0.1) is 5.82 Å². The first-order valence-corrected chi connectivity index (χ1v) is 7.41. The van der Waals surface area contributed by atoms with Gasteiger partial charge in [0, 0.05) is 42.7 Å². The highest BCUT2D eigenvalue weighted by Gasteiger charge is 2.27. The smallest absolute Gasteiger partial charge is 0.124 e. The van der Waals surface area contributed by atoms with Crippen LogP contribution in [0.2, 0.25) is 0 Å². The molecule has 2 rings (SSSR count). The van der Waals surface area contributed by atoms with Crippen molar-refractivity contribution in [3.63, 3.8) is 0 Å². The van der Waals surface area contributed by atoms with Crippen molar-refractivity contribution in [3.8, 4) is 0 Å². The van der Waals surface area contributed by atoms with Gasteiger partial charge in [-0.05, 0) is 31.7 Å². The number of piperazine rings is 1. The van der Waals surface area contributed by atoms with Crippen LogP contribution >= 0.6 is 15.9 Å².